The fraction of sp³-hybridized carbons (Fsp3) is 0.906. The Hall–Kier alpha value is -1.85. The molecule has 0 aliphatic heterocycles. The number of allylic oxidation sites excluding steroid dienone is 2. The first-order valence-corrected chi connectivity index (χ1v) is 26.2. The van der Waals surface area contributed by atoms with Crippen molar-refractivity contribution in [3.05, 3.63) is 12.2 Å². The van der Waals surface area contributed by atoms with Crippen molar-refractivity contribution in [2.24, 2.45) is 0 Å². The van der Waals surface area contributed by atoms with Crippen molar-refractivity contribution >= 4 is 17.9 Å². The molecule has 0 aliphatic rings. The molecule has 0 spiro atoms. The van der Waals surface area contributed by atoms with E-state index in [9.17, 15) is 14.4 Å². The maximum Gasteiger partial charge on any atom is 0.306 e. The third kappa shape index (κ3) is 47.1. The Morgan fingerprint density at radius 2 is 0.559 bits per heavy atom. The van der Waals surface area contributed by atoms with Gasteiger partial charge in [0.25, 0.3) is 0 Å². The monoisotopic (exact) mass is 833 g/mol. The Bertz CT molecular complexity index is 916. The van der Waals surface area contributed by atoms with Crippen LogP contribution in [0.25, 0.3) is 0 Å². The number of esters is 3. The molecular weight excluding hydrogens is 733 g/mol. The summed E-state index contributed by atoms with van der Waals surface area (Å²) in [5.74, 6) is -0.857. The third-order valence-corrected chi connectivity index (χ3v) is 11.8. The molecule has 0 aliphatic carbocycles. The zero-order chi connectivity index (χ0) is 43.0. The number of carbonyl (C=O) groups excluding carboxylic acids is 3. The Morgan fingerprint density at radius 1 is 0.322 bits per heavy atom. The molecule has 0 aromatic rings. The average molecular weight is 833 g/mol. The van der Waals surface area contributed by atoms with Crippen molar-refractivity contribution in [3.63, 3.8) is 0 Å². The number of unbranched alkanes of at least 4 members (excludes halogenated alkanes) is 35. The molecule has 0 rings (SSSR count). The molecule has 0 aromatic carbocycles. The predicted octanol–water partition coefficient (Wildman–Crippen LogP) is 17.0. The van der Waals surface area contributed by atoms with Crippen LogP contribution in [0.15, 0.2) is 12.2 Å². The summed E-state index contributed by atoms with van der Waals surface area (Å²) in [7, 11) is 0. The first-order chi connectivity index (χ1) is 29.0. The number of carbonyl (C=O) groups is 3. The zero-order valence-corrected chi connectivity index (χ0v) is 39.8. The molecule has 59 heavy (non-hydrogen) atoms. The molecule has 0 saturated heterocycles. The van der Waals surface area contributed by atoms with Gasteiger partial charge in [-0.1, -0.05) is 238 Å². The van der Waals surface area contributed by atoms with Gasteiger partial charge in [-0.3, -0.25) is 14.4 Å². The molecule has 1 atom stereocenters. The van der Waals surface area contributed by atoms with Crippen LogP contribution in [0.2, 0.25) is 0 Å². The minimum absolute atomic E-state index is 0.0664. The molecule has 1 unspecified atom stereocenters. The van der Waals surface area contributed by atoms with Gasteiger partial charge in [-0.15, -0.1) is 0 Å². The van der Waals surface area contributed by atoms with Crippen molar-refractivity contribution in [1.82, 2.24) is 0 Å². The van der Waals surface area contributed by atoms with E-state index in [0.29, 0.717) is 19.3 Å². The highest BCUT2D eigenvalue weighted by Crippen LogP contribution is 2.16. The van der Waals surface area contributed by atoms with Crippen molar-refractivity contribution in [2.75, 3.05) is 13.2 Å². The molecule has 0 radical (unpaired) electrons. The number of hydrogen-bond acceptors (Lipinski definition) is 6. The molecule has 6 nitrogen and oxygen atoms in total. The average Bonchev–Trinajstić information content (AvgIpc) is 3.23. The van der Waals surface area contributed by atoms with E-state index in [1.54, 1.807) is 0 Å². The standard InChI is InChI=1S/C53H100O6/c1-4-7-10-13-16-19-21-23-25-26-28-29-31-34-37-40-43-46-52(55)58-49-50(48-57-51(54)45-42-39-36-33-18-15-12-9-6-3)59-53(56)47-44-41-38-35-32-30-27-24-22-20-17-14-11-8-5-2/h23,25,50H,4-22,24,26-49H2,1-3H3/b25-23-. The SMILES string of the molecule is CCCCCCCC/C=C\CCCCCCCCCC(=O)OCC(COC(=O)CCCCCCCCCCC)OC(=O)CCCCCCCCCCCCCCCCC. The Morgan fingerprint density at radius 3 is 0.847 bits per heavy atom. The van der Waals surface area contributed by atoms with Gasteiger partial charge in [-0.05, 0) is 44.9 Å². The van der Waals surface area contributed by atoms with Gasteiger partial charge < -0.3 is 14.2 Å². The lowest BCUT2D eigenvalue weighted by Gasteiger charge is -2.18. The highest BCUT2D eigenvalue weighted by atomic mass is 16.6. The molecule has 6 heteroatoms. The highest BCUT2D eigenvalue weighted by Gasteiger charge is 2.19. The second-order valence-corrected chi connectivity index (χ2v) is 17.8. The summed E-state index contributed by atoms with van der Waals surface area (Å²) in [4.78, 5) is 37.9. The van der Waals surface area contributed by atoms with Gasteiger partial charge in [-0.2, -0.15) is 0 Å². The van der Waals surface area contributed by atoms with Gasteiger partial charge in [-0.25, -0.2) is 0 Å². The summed E-state index contributed by atoms with van der Waals surface area (Å²) in [5, 5.41) is 0. The van der Waals surface area contributed by atoms with E-state index in [1.165, 1.54) is 193 Å². The van der Waals surface area contributed by atoms with Gasteiger partial charge in [0.2, 0.25) is 0 Å². The summed E-state index contributed by atoms with van der Waals surface area (Å²) >= 11 is 0. The van der Waals surface area contributed by atoms with E-state index in [1.807, 2.05) is 0 Å². The molecule has 0 aromatic heterocycles. The molecule has 0 N–H and O–H groups in total. The molecule has 0 heterocycles. The van der Waals surface area contributed by atoms with E-state index in [2.05, 4.69) is 32.9 Å². The second-order valence-electron chi connectivity index (χ2n) is 17.8. The van der Waals surface area contributed by atoms with E-state index in [-0.39, 0.29) is 31.1 Å². The van der Waals surface area contributed by atoms with Gasteiger partial charge in [0, 0.05) is 19.3 Å². The van der Waals surface area contributed by atoms with E-state index in [4.69, 9.17) is 14.2 Å². The summed E-state index contributed by atoms with van der Waals surface area (Å²) < 4.78 is 16.8. The van der Waals surface area contributed by atoms with Crippen LogP contribution < -0.4 is 0 Å². The summed E-state index contributed by atoms with van der Waals surface area (Å²) in [5.41, 5.74) is 0. The lowest BCUT2D eigenvalue weighted by atomic mass is 10.0. The molecule has 348 valence electrons. The maximum absolute atomic E-state index is 12.8. The number of ether oxygens (including phenoxy) is 3. The van der Waals surface area contributed by atoms with Crippen LogP contribution in [0.4, 0.5) is 0 Å². The van der Waals surface area contributed by atoms with E-state index >= 15 is 0 Å². The molecule has 0 saturated carbocycles. The number of rotatable bonds is 48. The van der Waals surface area contributed by atoms with Crippen LogP contribution in [0.1, 0.15) is 290 Å². The van der Waals surface area contributed by atoms with Crippen LogP contribution in [0.5, 0.6) is 0 Å². The summed E-state index contributed by atoms with van der Waals surface area (Å²) in [6, 6.07) is 0. The third-order valence-electron chi connectivity index (χ3n) is 11.8. The van der Waals surface area contributed by atoms with Crippen molar-refractivity contribution in [1.29, 1.82) is 0 Å². The minimum Gasteiger partial charge on any atom is -0.462 e. The fourth-order valence-electron chi connectivity index (χ4n) is 7.79. The van der Waals surface area contributed by atoms with E-state index < -0.39 is 6.10 Å². The minimum atomic E-state index is -0.764. The van der Waals surface area contributed by atoms with Crippen LogP contribution in [0, 0.1) is 0 Å². The number of hydrogen-bond donors (Lipinski definition) is 0. The lowest BCUT2D eigenvalue weighted by molar-refractivity contribution is -0.167. The van der Waals surface area contributed by atoms with Gasteiger partial charge in [0.15, 0.2) is 6.10 Å². The van der Waals surface area contributed by atoms with Crippen molar-refractivity contribution in [3.8, 4) is 0 Å². The van der Waals surface area contributed by atoms with Gasteiger partial charge >= 0.3 is 17.9 Å². The van der Waals surface area contributed by atoms with Crippen LogP contribution in [-0.4, -0.2) is 37.2 Å². The second kappa shape index (κ2) is 48.8. The molecular formula is C53H100O6. The van der Waals surface area contributed by atoms with Crippen molar-refractivity contribution < 1.29 is 28.6 Å². The van der Waals surface area contributed by atoms with Crippen LogP contribution in [0.3, 0.4) is 0 Å². The Labute approximate surface area is 367 Å². The molecule has 0 bridgehead atoms. The lowest BCUT2D eigenvalue weighted by Crippen LogP contribution is -2.30. The van der Waals surface area contributed by atoms with Crippen LogP contribution in [-0.2, 0) is 28.6 Å². The Kier molecular flexibility index (Phi) is 47.3. The first-order valence-electron chi connectivity index (χ1n) is 26.2. The zero-order valence-electron chi connectivity index (χ0n) is 39.8. The van der Waals surface area contributed by atoms with Crippen molar-refractivity contribution in [2.45, 2.75) is 297 Å². The van der Waals surface area contributed by atoms with Gasteiger partial charge in [0.1, 0.15) is 13.2 Å². The van der Waals surface area contributed by atoms with E-state index in [0.717, 1.165) is 57.8 Å². The summed E-state index contributed by atoms with van der Waals surface area (Å²) in [6.45, 7) is 6.65. The molecule has 0 fully saturated rings. The quantitative estimate of drug-likeness (QED) is 0.0263. The smallest absolute Gasteiger partial charge is 0.306 e. The topological polar surface area (TPSA) is 78.9 Å². The maximum atomic E-state index is 12.8. The molecule has 0 amide bonds. The van der Waals surface area contributed by atoms with Crippen LogP contribution >= 0.6 is 0 Å². The van der Waals surface area contributed by atoms with Gasteiger partial charge in [0.05, 0.1) is 0 Å². The largest absolute Gasteiger partial charge is 0.462 e. The predicted molar refractivity (Wildman–Crippen MR) is 252 cm³/mol. The summed E-state index contributed by atoms with van der Waals surface area (Å²) in [6.07, 6.45) is 53.4. The normalized spacial score (nSPS) is 12.0. The Balaban J connectivity index is 4.27. The first kappa shape index (κ1) is 57.1. The fourth-order valence-corrected chi connectivity index (χ4v) is 7.79. The highest BCUT2D eigenvalue weighted by molar-refractivity contribution is 5.71.